The number of aryl methyl sites for hydroxylation is 2. The Morgan fingerprint density at radius 1 is 1.00 bits per heavy atom. The van der Waals surface area contributed by atoms with Gasteiger partial charge in [0.15, 0.2) is 0 Å². The number of anilines is 1. The van der Waals surface area contributed by atoms with Crippen molar-refractivity contribution in [1.29, 1.82) is 0 Å². The van der Waals surface area contributed by atoms with Crippen LogP contribution in [0.4, 0.5) is 5.69 Å². The van der Waals surface area contributed by atoms with E-state index in [9.17, 15) is 8.42 Å². The molecular weight excluding hydrogens is 304 g/mol. The molecule has 6 heteroatoms. The lowest BCUT2D eigenvalue weighted by atomic mass is 10.1. The van der Waals surface area contributed by atoms with Gasteiger partial charge in [-0.3, -0.25) is 0 Å². The van der Waals surface area contributed by atoms with Crippen molar-refractivity contribution in [1.82, 2.24) is 0 Å². The minimum Gasteiger partial charge on any atom is -0.399 e. The van der Waals surface area contributed by atoms with E-state index in [2.05, 4.69) is 32.0 Å². The van der Waals surface area contributed by atoms with Crippen molar-refractivity contribution in [2.24, 2.45) is 5.14 Å². The molecule has 0 spiro atoms. The van der Waals surface area contributed by atoms with Gasteiger partial charge in [-0.2, -0.15) is 0 Å². The predicted octanol–water partition coefficient (Wildman–Crippen LogP) is 2.83. The Morgan fingerprint density at radius 2 is 1.62 bits per heavy atom. The summed E-state index contributed by atoms with van der Waals surface area (Å²) >= 11 is 1.54. The van der Waals surface area contributed by atoms with Gasteiger partial charge in [-0.05, 0) is 37.6 Å². The van der Waals surface area contributed by atoms with Gasteiger partial charge in [0.05, 0.1) is 4.90 Å². The number of rotatable bonds is 4. The molecule has 0 aliphatic carbocycles. The molecule has 0 heterocycles. The fourth-order valence-electron chi connectivity index (χ4n) is 2.16. The summed E-state index contributed by atoms with van der Waals surface area (Å²) in [4.78, 5) is 0.837. The minimum atomic E-state index is -3.74. The first kappa shape index (κ1) is 15.9. The fraction of sp³-hybridized carbons (Fsp3) is 0.200. The van der Waals surface area contributed by atoms with Crippen LogP contribution in [0.5, 0.6) is 0 Å². The van der Waals surface area contributed by atoms with E-state index in [4.69, 9.17) is 10.9 Å². The lowest BCUT2D eigenvalue weighted by Gasteiger charge is -2.08. The summed E-state index contributed by atoms with van der Waals surface area (Å²) in [5.74, 6) is 0.746. The third kappa shape index (κ3) is 4.49. The van der Waals surface area contributed by atoms with E-state index in [0.717, 1.165) is 10.6 Å². The summed E-state index contributed by atoms with van der Waals surface area (Å²) in [6, 6.07) is 11.0. The van der Waals surface area contributed by atoms with Gasteiger partial charge in [0.25, 0.3) is 0 Å². The second-order valence-electron chi connectivity index (χ2n) is 5.07. The molecule has 4 N–H and O–H groups in total. The van der Waals surface area contributed by atoms with E-state index >= 15 is 0 Å². The Morgan fingerprint density at radius 3 is 2.19 bits per heavy atom. The Balaban J connectivity index is 2.22. The normalized spacial score (nSPS) is 11.6. The van der Waals surface area contributed by atoms with Crippen LogP contribution >= 0.6 is 11.8 Å². The highest BCUT2D eigenvalue weighted by Gasteiger charge is 2.10. The van der Waals surface area contributed by atoms with Crippen LogP contribution in [-0.2, 0) is 15.8 Å². The standard InChI is InChI=1S/C15H18N2O2S2/c1-10-3-11(2)5-12(4-10)9-20-14-6-13(16)7-15(8-14)21(17,18)19/h3-8H,9,16H2,1-2H3,(H2,17,18,19). The number of primary sulfonamides is 1. The molecule has 4 nitrogen and oxygen atoms in total. The van der Waals surface area contributed by atoms with Crippen LogP contribution in [0.15, 0.2) is 46.2 Å². The van der Waals surface area contributed by atoms with E-state index in [1.165, 1.54) is 34.5 Å². The van der Waals surface area contributed by atoms with Crippen molar-refractivity contribution in [2.75, 3.05) is 5.73 Å². The maximum Gasteiger partial charge on any atom is 0.238 e. The Labute approximate surface area is 129 Å². The molecule has 0 unspecified atom stereocenters. The molecule has 2 aromatic carbocycles. The zero-order chi connectivity index (χ0) is 15.6. The van der Waals surface area contributed by atoms with Gasteiger partial charge < -0.3 is 5.73 Å². The van der Waals surface area contributed by atoms with Crippen molar-refractivity contribution < 1.29 is 8.42 Å². The maximum atomic E-state index is 11.4. The SMILES string of the molecule is Cc1cc(C)cc(CSc2cc(N)cc(S(N)(=O)=O)c2)c1. The van der Waals surface area contributed by atoms with Crippen LogP contribution in [-0.4, -0.2) is 8.42 Å². The molecule has 2 rings (SSSR count). The van der Waals surface area contributed by atoms with Gasteiger partial charge in [0.1, 0.15) is 0 Å². The topological polar surface area (TPSA) is 86.2 Å². The van der Waals surface area contributed by atoms with Gasteiger partial charge in [-0.15, -0.1) is 11.8 Å². The van der Waals surface area contributed by atoms with Gasteiger partial charge in [-0.25, -0.2) is 13.6 Å². The van der Waals surface area contributed by atoms with E-state index in [-0.39, 0.29) is 4.90 Å². The summed E-state index contributed by atoms with van der Waals surface area (Å²) in [5, 5.41) is 5.15. The molecule has 0 aromatic heterocycles. The first-order valence-electron chi connectivity index (χ1n) is 6.37. The van der Waals surface area contributed by atoms with Crippen LogP contribution in [0.3, 0.4) is 0 Å². The molecule has 112 valence electrons. The molecule has 0 saturated carbocycles. The molecule has 21 heavy (non-hydrogen) atoms. The van der Waals surface area contributed by atoms with Crippen LogP contribution in [0.1, 0.15) is 16.7 Å². The zero-order valence-electron chi connectivity index (χ0n) is 12.0. The average molecular weight is 322 g/mol. The monoisotopic (exact) mass is 322 g/mol. The van der Waals surface area contributed by atoms with E-state index in [1.54, 1.807) is 12.1 Å². The summed E-state index contributed by atoms with van der Waals surface area (Å²) < 4.78 is 22.8. The number of nitrogen functional groups attached to an aromatic ring is 1. The van der Waals surface area contributed by atoms with Crippen molar-refractivity contribution in [3.8, 4) is 0 Å². The smallest absolute Gasteiger partial charge is 0.238 e. The second-order valence-corrected chi connectivity index (χ2v) is 7.68. The molecule has 0 bridgehead atoms. The second kappa shape index (κ2) is 6.09. The lowest BCUT2D eigenvalue weighted by molar-refractivity contribution is 0.597. The summed E-state index contributed by atoms with van der Waals surface area (Å²) in [5.41, 5.74) is 9.75. The summed E-state index contributed by atoms with van der Waals surface area (Å²) in [6.45, 7) is 4.11. The molecule has 0 aliphatic heterocycles. The number of nitrogens with two attached hydrogens (primary N) is 2. The van der Waals surface area contributed by atoms with Gasteiger partial charge in [0.2, 0.25) is 10.0 Å². The van der Waals surface area contributed by atoms with E-state index in [1.807, 2.05) is 0 Å². The molecule has 2 aromatic rings. The highest BCUT2D eigenvalue weighted by Crippen LogP contribution is 2.28. The number of thioether (sulfide) groups is 1. The average Bonchev–Trinajstić information content (AvgIpc) is 2.33. The number of sulfonamides is 1. The van der Waals surface area contributed by atoms with Crippen LogP contribution in [0, 0.1) is 13.8 Å². The molecule has 0 saturated heterocycles. The molecule has 0 aliphatic rings. The Bertz CT molecular complexity index is 751. The highest BCUT2D eigenvalue weighted by molar-refractivity contribution is 7.98. The quantitative estimate of drug-likeness (QED) is 0.669. The van der Waals surface area contributed by atoms with Gasteiger partial charge in [-0.1, -0.05) is 29.3 Å². The Kier molecular flexibility index (Phi) is 4.61. The predicted molar refractivity (Wildman–Crippen MR) is 87.7 cm³/mol. The first-order valence-corrected chi connectivity index (χ1v) is 8.90. The molecule has 0 fully saturated rings. The molecule has 0 atom stereocenters. The highest BCUT2D eigenvalue weighted by atomic mass is 32.2. The van der Waals surface area contributed by atoms with Crippen molar-refractivity contribution in [2.45, 2.75) is 29.4 Å². The minimum absolute atomic E-state index is 0.0467. The van der Waals surface area contributed by atoms with Gasteiger partial charge in [0, 0.05) is 16.3 Å². The van der Waals surface area contributed by atoms with Crippen molar-refractivity contribution in [3.63, 3.8) is 0 Å². The fourth-order valence-corrected chi connectivity index (χ4v) is 3.76. The van der Waals surface area contributed by atoms with Crippen LogP contribution < -0.4 is 10.9 Å². The molecule has 0 radical (unpaired) electrons. The number of benzene rings is 2. The maximum absolute atomic E-state index is 11.4. The summed E-state index contributed by atoms with van der Waals surface area (Å²) in [6.07, 6.45) is 0. The van der Waals surface area contributed by atoms with E-state index in [0.29, 0.717) is 5.69 Å². The first-order chi connectivity index (χ1) is 9.74. The summed E-state index contributed by atoms with van der Waals surface area (Å²) in [7, 11) is -3.74. The van der Waals surface area contributed by atoms with Crippen LogP contribution in [0.2, 0.25) is 0 Å². The third-order valence-corrected chi connectivity index (χ3v) is 4.86. The number of hydrogen-bond acceptors (Lipinski definition) is 4. The zero-order valence-corrected chi connectivity index (χ0v) is 13.6. The van der Waals surface area contributed by atoms with Gasteiger partial charge >= 0.3 is 0 Å². The third-order valence-electron chi connectivity index (χ3n) is 2.92. The largest absolute Gasteiger partial charge is 0.399 e. The van der Waals surface area contributed by atoms with Crippen molar-refractivity contribution >= 4 is 27.5 Å². The lowest BCUT2D eigenvalue weighted by Crippen LogP contribution is -2.12. The Hall–Kier alpha value is -1.50. The van der Waals surface area contributed by atoms with Crippen LogP contribution in [0.25, 0.3) is 0 Å². The molecule has 0 amide bonds. The van der Waals surface area contributed by atoms with Crippen molar-refractivity contribution in [3.05, 3.63) is 53.1 Å². The molecular formula is C15H18N2O2S2. The number of hydrogen-bond donors (Lipinski definition) is 2. The van der Waals surface area contributed by atoms with E-state index < -0.39 is 10.0 Å².